The van der Waals surface area contributed by atoms with Gasteiger partial charge in [-0.2, -0.15) is 0 Å². The fourth-order valence-corrected chi connectivity index (χ4v) is 5.35. The van der Waals surface area contributed by atoms with Crippen molar-refractivity contribution in [2.24, 2.45) is 0 Å². The smallest absolute Gasteiger partial charge is 0.407 e. The summed E-state index contributed by atoms with van der Waals surface area (Å²) in [6.07, 6.45) is -1.02. The van der Waals surface area contributed by atoms with Gasteiger partial charge < -0.3 is 20.3 Å². The maximum atomic E-state index is 12.5. The Morgan fingerprint density at radius 2 is 1.64 bits per heavy atom. The van der Waals surface area contributed by atoms with Crippen molar-refractivity contribution in [3.63, 3.8) is 0 Å². The molecular formula is C24H18Br2ClNO5. The number of carbonyl (C=O) groups is 2. The second kappa shape index (κ2) is 9.75. The number of fused-ring (bicyclic) bond motifs is 3. The number of halogens is 3. The largest absolute Gasteiger partial charge is 0.506 e. The third-order valence-corrected chi connectivity index (χ3v) is 7.82. The molecule has 0 heterocycles. The number of phenolic OH excluding ortho intramolecular Hbond substituents is 1. The quantitative estimate of drug-likeness (QED) is 0.299. The number of hydrogen-bond donors (Lipinski definition) is 3. The molecule has 1 atom stereocenters. The van der Waals surface area contributed by atoms with E-state index in [0.717, 1.165) is 22.3 Å². The van der Waals surface area contributed by atoms with Gasteiger partial charge in [-0.1, -0.05) is 60.1 Å². The molecule has 0 bridgehead atoms. The number of carboxylic acids is 1. The fourth-order valence-electron chi connectivity index (χ4n) is 3.99. The lowest BCUT2D eigenvalue weighted by molar-refractivity contribution is -0.139. The molecule has 6 nitrogen and oxygen atoms in total. The number of benzene rings is 3. The second-order valence-electron chi connectivity index (χ2n) is 7.56. The van der Waals surface area contributed by atoms with Gasteiger partial charge in [-0.15, -0.1) is 0 Å². The molecule has 0 aliphatic heterocycles. The fraction of sp³-hybridized carbons (Fsp3) is 0.167. The number of phenols is 1. The lowest BCUT2D eigenvalue weighted by Crippen LogP contribution is -2.43. The van der Waals surface area contributed by atoms with Gasteiger partial charge in [0.15, 0.2) is 0 Å². The summed E-state index contributed by atoms with van der Waals surface area (Å²) in [7, 11) is 0. The minimum atomic E-state index is -1.31. The molecule has 0 saturated carbocycles. The second-order valence-corrected chi connectivity index (χ2v) is 9.58. The highest BCUT2D eigenvalue weighted by molar-refractivity contribution is 9.11. The molecule has 170 valence electrons. The maximum absolute atomic E-state index is 12.5. The molecule has 9 heteroatoms. The molecule has 4 rings (SSSR count). The first-order valence-electron chi connectivity index (χ1n) is 9.97. The van der Waals surface area contributed by atoms with Crippen LogP contribution in [0, 0.1) is 0 Å². The van der Waals surface area contributed by atoms with Crippen molar-refractivity contribution < 1.29 is 24.5 Å². The van der Waals surface area contributed by atoms with Crippen LogP contribution in [0.3, 0.4) is 0 Å². The van der Waals surface area contributed by atoms with Crippen molar-refractivity contribution >= 4 is 55.5 Å². The number of ether oxygens (including phenoxy) is 1. The van der Waals surface area contributed by atoms with Crippen LogP contribution in [0.4, 0.5) is 4.79 Å². The first-order valence-corrected chi connectivity index (χ1v) is 11.9. The van der Waals surface area contributed by atoms with E-state index in [1.54, 1.807) is 0 Å². The Balaban J connectivity index is 1.46. The van der Waals surface area contributed by atoms with E-state index in [-0.39, 0.29) is 34.2 Å². The number of nitrogens with one attached hydrogen (secondary N) is 1. The van der Waals surface area contributed by atoms with E-state index in [9.17, 15) is 19.8 Å². The van der Waals surface area contributed by atoms with Gasteiger partial charge >= 0.3 is 12.1 Å². The standard InChI is InChI=1S/C24H18Br2ClNO5/c25-18-9-12(22(29)20(26)21(18)27)10-19(23(30)31)28-24(32)33-11-17-15-7-3-1-5-13(15)14-6-2-4-8-16(14)17/h1-9,17,19,29H,10-11H2,(H,28,32)(H,30,31). The maximum Gasteiger partial charge on any atom is 0.407 e. The van der Waals surface area contributed by atoms with Crippen LogP contribution in [0.25, 0.3) is 11.1 Å². The summed E-state index contributed by atoms with van der Waals surface area (Å²) in [4.78, 5) is 24.3. The number of aliphatic carboxylic acids is 1. The van der Waals surface area contributed by atoms with Gasteiger partial charge in [0, 0.05) is 16.8 Å². The molecule has 0 aromatic heterocycles. The number of amides is 1. The number of hydrogen-bond acceptors (Lipinski definition) is 4. The van der Waals surface area contributed by atoms with Crippen LogP contribution >= 0.6 is 43.5 Å². The third kappa shape index (κ3) is 4.74. The summed E-state index contributed by atoms with van der Waals surface area (Å²) in [6, 6.07) is 16.1. The Morgan fingerprint density at radius 1 is 1.06 bits per heavy atom. The van der Waals surface area contributed by atoms with Gasteiger partial charge in [0.2, 0.25) is 0 Å². The number of aromatic hydroxyl groups is 1. The van der Waals surface area contributed by atoms with E-state index in [4.69, 9.17) is 16.3 Å². The average Bonchev–Trinajstić information content (AvgIpc) is 3.13. The highest BCUT2D eigenvalue weighted by atomic mass is 79.9. The van der Waals surface area contributed by atoms with Gasteiger partial charge in [0.05, 0.1) is 9.50 Å². The molecule has 1 unspecified atom stereocenters. The van der Waals surface area contributed by atoms with E-state index in [1.807, 2.05) is 48.5 Å². The summed E-state index contributed by atoms with van der Waals surface area (Å²) < 4.78 is 6.16. The minimum absolute atomic E-state index is 0.0650. The van der Waals surface area contributed by atoms with Crippen LogP contribution in [0.2, 0.25) is 5.02 Å². The summed E-state index contributed by atoms with van der Waals surface area (Å²) in [5, 5.41) is 22.6. The van der Waals surface area contributed by atoms with Crippen molar-refractivity contribution in [1.82, 2.24) is 5.32 Å². The predicted molar refractivity (Wildman–Crippen MR) is 132 cm³/mol. The first-order chi connectivity index (χ1) is 15.8. The topological polar surface area (TPSA) is 95.9 Å². The Kier molecular flexibility index (Phi) is 6.97. The molecule has 0 radical (unpaired) electrons. The summed E-state index contributed by atoms with van der Waals surface area (Å²) in [5.41, 5.74) is 4.61. The zero-order valence-electron chi connectivity index (χ0n) is 17.0. The predicted octanol–water partition coefficient (Wildman–Crippen LogP) is 6.11. The number of carboxylic acid groups (broad SMARTS) is 1. The van der Waals surface area contributed by atoms with Crippen molar-refractivity contribution in [1.29, 1.82) is 0 Å². The van der Waals surface area contributed by atoms with Gasteiger partial charge in [0.1, 0.15) is 18.4 Å². The van der Waals surface area contributed by atoms with E-state index in [0.29, 0.717) is 10.0 Å². The molecule has 33 heavy (non-hydrogen) atoms. The molecule has 1 aliphatic rings. The molecule has 0 saturated heterocycles. The average molecular weight is 596 g/mol. The summed E-state index contributed by atoms with van der Waals surface area (Å²) in [5.74, 6) is -1.59. The van der Waals surface area contributed by atoms with Crippen molar-refractivity contribution in [2.75, 3.05) is 6.61 Å². The molecule has 3 aromatic carbocycles. The van der Waals surface area contributed by atoms with Crippen LogP contribution < -0.4 is 5.32 Å². The lowest BCUT2D eigenvalue weighted by Gasteiger charge is -2.18. The number of rotatable bonds is 6. The van der Waals surface area contributed by atoms with E-state index in [1.165, 1.54) is 6.07 Å². The zero-order valence-corrected chi connectivity index (χ0v) is 20.9. The van der Waals surface area contributed by atoms with Crippen LogP contribution in [0.1, 0.15) is 22.6 Å². The van der Waals surface area contributed by atoms with Crippen LogP contribution in [-0.2, 0) is 16.0 Å². The monoisotopic (exact) mass is 593 g/mol. The van der Waals surface area contributed by atoms with Crippen LogP contribution in [0.15, 0.2) is 63.5 Å². The summed E-state index contributed by atoms with van der Waals surface area (Å²) in [6.45, 7) is 0.0650. The van der Waals surface area contributed by atoms with Crippen LogP contribution in [0.5, 0.6) is 5.75 Å². The molecule has 3 N–H and O–H groups in total. The Morgan fingerprint density at radius 3 is 2.21 bits per heavy atom. The number of carbonyl (C=O) groups excluding carboxylic acids is 1. The zero-order chi connectivity index (χ0) is 23.7. The van der Waals surface area contributed by atoms with E-state index < -0.39 is 18.1 Å². The molecule has 0 fully saturated rings. The Bertz CT molecular complexity index is 1200. The molecule has 1 aliphatic carbocycles. The highest BCUT2D eigenvalue weighted by Crippen LogP contribution is 2.44. The van der Waals surface area contributed by atoms with Crippen molar-refractivity contribution in [3.8, 4) is 16.9 Å². The summed E-state index contributed by atoms with van der Waals surface area (Å²) >= 11 is 12.5. The Hall–Kier alpha value is -2.55. The number of alkyl carbamates (subject to hydrolysis) is 1. The minimum Gasteiger partial charge on any atom is -0.506 e. The molecule has 0 spiro atoms. The van der Waals surface area contributed by atoms with E-state index in [2.05, 4.69) is 37.2 Å². The van der Waals surface area contributed by atoms with Gasteiger partial charge in [-0.25, -0.2) is 9.59 Å². The Labute approximate surface area is 211 Å². The molecule has 3 aromatic rings. The SMILES string of the molecule is O=C(NC(Cc1cc(Br)c(Cl)c(Br)c1O)C(=O)O)OCC1c2ccccc2-c2ccccc21. The van der Waals surface area contributed by atoms with Crippen molar-refractivity contribution in [2.45, 2.75) is 18.4 Å². The normalized spacial score (nSPS) is 13.2. The molecule has 1 amide bonds. The van der Waals surface area contributed by atoms with E-state index >= 15 is 0 Å². The first kappa shape index (κ1) is 23.6. The van der Waals surface area contributed by atoms with Gasteiger partial charge in [-0.3, -0.25) is 0 Å². The third-order valence-electron chi connectivity index (χ3n) is 5.57. The molecular weight excluding hydrogens is 578 g/mol. The van der Waals surface area contributed by atoms with Crippen molar-refractivity contribution in [3.05, 3.63) is 85.3 Å². The van der Waals surface area contributed by atoms with Gasteiger partial charge in [0.25, 0.3) is 0 Å². The lowest BCUT2D eigenvalue weighted by atomic mass is 9.98. The highest BCUT2D eigenvalue weighted by Gasteiger charge is 2.30. The van der Waals surface area contributed by atoms with Gasteiger partial charge in [-0.05, 0) is 65.7 Å². The van der Waals surface area contributed by atoms with Crippen LogP contribution in [-0.4, -0.2) is 34.9 Å².